The predicted octanol–water partition coefficient (Wildman–Crippen LogP) is 0.927. The molecule has 1 unspecified atom stereocenters. The molecule has 4 N–H and O–H groups in total. The van der Waals surface area contributed by atoms with Gasteiger partial charge in [-0.25, -0.2) is 18.1 Å². The maximum absolute atomic E-state index is 12.3. The van der Waals surface area contributed by atoms with Crippen LogP contribution in [0.15, 0.2) is 17.4 Å². The standard InChI is InChI=1S/C11H17N5O2S2/c1-3-9-6-13-10(19-9)7(2)16-20(17,18)11-8(4-12)5-14-15-11/h5-7,16H,3-4,12H2,1-2H3,(H,14,15). The van der Waals surface area contributed by atoms with Gasteiger partial charge in [0, 0.05) is 23.2 Å². The Morgan fingerprint density at radius 3 is 2.85 bits per heavy atom. The van der Waals surface area contributed by atoms with E-state index in [-0.39, 0.29) is 11.6 Å². The van der Waals surface area contributed by atoms with Crippen molar-refractivity contribution in [2.24, 2.45) is 5.73 Å². The van der Waals surface area contributed by atoms with Gasteiger partial charge in [-0.3, -0.25) is 5.10 Å². The van der Waals surface area contributed by atoms with Crippen LogP contribution in [0.2, 0.25) is 0 Å². The second-order valence-corrected chi connectivity index (χ2v) is 7.09. The average molecular weight is 315 g/mol. The lowest BCUT2D eigenvalue weighted by atomic mass is 10.4. The molecule has 1 atom stereocenters. The maximum Gasteiger partial charge on any atom is 0.258 e. The number of nitrogens with one attached hydrogen (secondary N) is 2. The maximum atomic E-state index is 12.3. The summed E-state index contributed by atoms with van der Waals surface area (Å²) in [5.74, 6) is 0. The van der Waals surface area contributed by atoms with Crippen molar-refractivity contribution in [2.45, 2.75) is 37.9 Å². The van der Waals surface area contributed by atoms with Crippen LogP contribution in [-0.2, 0) is 23.0 Å². The molecule has 0 amide bonds. The monoisotopic (exact) mass is 315 g/mol. The van der Waals surface area contributed by atoms with Gasteiger partial charge in [0.2, 0.25) is 0 Å². The summed E-state index contributed by atoms with van der Waals surface area (Å²) < 4.78 is 27.1. The summed E-state index contributed by atoms with van der Waals surface area (Å²) in [6, 6.07) is -0.403. The molecule has 0 radical (unpaired) electrons. The van der Waals surface area contributed by atoms with Crippen LogP contribution in [0, 0.1) is 0 Å². The zero-order chi connectivity index (χ0) is 14.8. The third-order valence-corrected chi connectivity index (χ3v) is 5.67. The van der Waals surface area contributed by atoms with Crippen LogP contribution in [0.1, 0.15) is 35.3 Å². The van der Waals surface area contributed by atoms with Crippen LogP contribution in [0.25, 0.3) is 0 Å². The molecule has 2 aromatic rings. The molecule has 2 heterocycles. The van der Waals surface area contributed by atoms with Crippen molar-refractivity contribution >= 4 is 21.4 Å². The van der Waals surface area contributed by atoms with Gasteiger partial charge in [-0.15, -0.1) is 11.3 Å². The lowest BCUT2D eigenvalue weighted by Crippen LogP contribution is -2.28. The van der Waals surface area contributed by atoms with Gasteiger partial charge < -0.3 is 5.73 Å². The Hall–Kier alpha value is -1.29. The fourth-order valence-electron chi connectivity index (χ4n) is 1.71. The molecule has 0 bridgehead atoms. The average Bonchev–Trinajstić information content (AvgIpc) is 3.07. The van der Waals surface area contributed by atoms with Crippen LogP contribution >= 0.6 is 11.3 Å². The van der Waals surface area contributed by atoms with Crippen molar-refractivity contribution in [3.05, 3.63) is 27.8 Å². The Morgan fingerprint density at radius 1 is 1.50 bits per heavy atom. The molecule has 0 saturated heterocycles. The second-order valence-electron chi connectivity index (χ2n) is 4.29. The summed E-state index contributed by atoms with van der Waals surface area (Å²) in [5.41, 5.74) is 5.95. The summed E-state index contributed by atoms with van der Waals surface area (Å²) >= 11 is 1.50. The number of H-pyrrole nitrogens is 1. The number of rotatable bonds is 6. The molecule has 2 aromatic heterocycles. The van der Waals surface area contributed by atoms with E-state index in [4.69, 9.17) is 5.73 Å². The van der Waals surface area contributed by atoms with Gasteiger partial charge in [0.1, 0.15) is 5.01 Å². The molecule has 0 aliphatic carbocycles. The van der Waals surface area contributed by atoms with Gasteiger partial charge in [-0.1, -0.05) is 6.92 Å². The molecule has 7 nitrogen and oxygen atoms in total. The van der Waals surface area contributed by atoms with Crippen molar-refractivity contribution < 1.29 is 8.42 Å². The quantitative estimate of drug-likeness (QED) is 0.733. The Kier molecular flexibility index (Phi) is 4.53. The van der Waals surface area contributed by atoms with Crippen molar-refractivity contribution in [1.29, 1.82) is 0 Å². The minimum absolute atomic E-state index is 0.0131. The number of hydrogen-bond acceptors (Lipinski definition) is 6. The highest BCUT2D eigenvalue weighted by Crippen LogP contribution is 2.22. The van der Waals surface area contributed by atoms with Crippen molar-refractivity contribution in [1.82, 2.24) is 19.9 Å². The first kappa shape index (κ1) is 15.1. The predicted molar refractivity (Wildman–Crippen MR) is 76.7 cm³/mol. The van der Waals surface area contributed by atoms with Gasteiger partial charge in [0.15, 0.2) is 5.03 Å². The molecule has 110 valence electrons. The largest absolute Gasteiger partial charge is 0.326 e. The Balaban J connectivity index is 2.20. The fraction of sp³-hybridized carbons (Fsp3) is 0.455. The highest BCUT2D eigenvalue weighted by Gasteiger charge is 2.24. The van der Waals surface area contributed by atoms with E-state index in [0.29, 0.717) is 5.56 Å². The van der Waals surface area contributed by atoms with Crippen molar-refractivity contribution in [3.63, 3.8) is 0 Å². The first-order valence-corrected chi connectivity index (χ1v) is 8.47. The van der Waals surface area contributed by atoms with Gasteiger partial charge >= 0.3 is 0 Å². The number of nitrogens with two attached hydrogens (primary N) is 1. The van der Waals surface area contributed by atoms with Crippen LogP contribution in [0.4, 0.5) is 0 Å². The van der Waals surface area contributed by atoms with E-state index in [1.807, 2.05) is 6.92 Å². The lowest BCUT2D eigenvalue weighted by Gasteiger charge is -2.11. The molecule has 0 saturated carbocycles. The van der Waals surface area contributed by atoms with Gasteiger partial charge in [-0.05, 0) is 13.3 Å². The molecular weight excluding hydrogens is 298 g/mol. The SMILES string of the molecule is CCc1cnc(C(C)NS(=O)(=O)c2[nH]ncc2CN)s1. The van der Waals surface area contributed by atoms with E-state index in [9.17, 15) is 8.42 Å². The number of aromatic amines is 1. The van der Waals surface area contributed by atoms with E-state index in [0.717, 1.165) is 16.3 Å². The summed E-state index contributed by atoms with van der Waals surface area (Å²) in [6.07, 6.45) is 4.07. The number of aromatic nitrogens is 3. The molecule has 0 fully saturated rings. The van der Waals surface area contributed by atoms with Crippen LogP contribution in [0.3, 0.4) is 0 Å². The molecule has 2 rings (SSSR count). The minimum atomic E-state index is -3.69. The zero-order valence-corrected chi connectivity index (χ0v) is 12.9. The Morgan fingerprint density at radius 2 is 2.25 bits per heavy atom. The smallest absolute Gasteiger partial charge is 0.258 e. The lowest BCUT2D eigenvalue weighted by molar-refractivity contribution is 0.561. The van der Waals surface area contributed by atoms with Gasteiger partial charge in [0.05, 0.1) is 12.2 Å². The third-order valence-electron chi connectivity index (χ3n) is 2.79. The van der Waals surface area contributed by atoms with Crippen molar-refractivity contribution in [3.8, 4) is 0 Å². The van der Waals surface area contributed by atoms with Crippen molar-refractivity contribution in [2.75, 3.05) is 0 Å². The summed E-state index contributed by atoms with van der Waals surface area (Å²) in [7, 11) is -3.69. The van der Waals surface area contributed by atoms with E-state index < -0.39 is 16.1 Å². The summed E-state index contributed by atoms with van der Waals surface area (Å²) in [6.45, 7) is 3.90. The Labute approximate surface area is 121 Å². The van der Waals surface area contributed by atoms with E-state index >= 15 is 0 Å². The first-order valence-electron chi connectivity index (χ1n) is 6.17. The molecular formula is C11H17N5O2S2. The summed E-state index contributed by atoms with van der Waals surface area (Å²) in [4.78, 5) is 5.36. The third kappa shape index (κ3) is 3.06. The number of sulfonamides is 1. The van der Waals surface area contributed by atoms with E-state index in [1.54, 1.807) is 13.1 Å². The molecule has 0 aliphatic heterocycles. The highest BCUT2D eigenvalue weighted by molar-refractivity contribution is 7.89. The van der Waals surface area contributed by atoms with Crippen LogP contribution in [0.5, 0.6) is 0 Å². The number of hydrogen-bond donors (Lipinski definition) is 3. The summed E-state index contributed by atoms with van der Waals surface area (Å²) in [5, 5.41) is 6.94. The second kappa shape index (κ2) is 6.00. The van der Waals surface area contributed by atoms with Crippen LogP contribution in [-0.4, -0.2) is 23.6 Å². The molecule has 0 aromatic carbocycles. The Bertz CT molecular complexity index is 677. The number of aryl methyl sites for hydroxylation is 1. The zero-order valence-electron chi connectivity index (χ0n) is 11.3. The topological polar surface area (TPSA) is 114 Å². The number of thiazole rings is 1. The highest BCUT2D eigenvalue weighted by atomic mass is 32.2. The number of nitrogens with zero attached hydrogens (tertiary/aromatic N) is 2. The fourth-order valence-corrected chi connectivity index (χ4v) is 3.99. The molecule has 9 heteroatoms. The van der Waals surface area contributed by atoms with E-state index in [1.165, 1.54) is 17.5 Å². The normalized spacial score (nSPS) is 13.6. The minimum Gasteiger partial charge on any atom is -0.326 e. The van der Waals surface area contributed by atoms with Gasteiger partial charge in [-0.2, -0.15) is 5.10 Å². The van der Waals surface area contributed by atoms with E-state index in [2.05, 4.69) is 19.9 Å². The van der Waals surface area contributed by atoms with Gasteiger partial charge in [0.25, 0.3) is 10.0 Å². The van der Waals surface area contributed by atoms with Crippen LogP contribution < -0.4 is 10.5 Å². The molecule has 20 heavy (non-hydrogen) atoms. The molecule has 0 aliphatic rings. The molecule has 0 spiro atoms. The first-order chi connectivity index (χ1) is 9.47.